The fourth-order valence-electron chi connectivity index (χ4n) is 1.78. The van der Waals surface area contributed by atoms with E-state index in [-0.39, 0.29) is 23.2 Å². The summed E-state index contributed by atoms with van der Waals surface area (Å²) in [4.78, 5) is 27.4. The summed E-state index contributed by atoms with van der Waals surface area (Å²) in [5.41, 5.74) is 5.76. The molecule has 1 aromatic carbocycles. The van der Waals surface area contributed by atoms with Crippen molar-refractivity contribution in [3.63, 3.8) is 0 Å². The minimum atomic E-state index is -0.528. The lowest BCUT2D eigenvalue weighted by Crippen LogP contribution is -2.49. The van der Waals surface area contributed by atoms with E-state index >= 15 is 0 Å². The summed E-state index contributed by atoms with van der Waals surface area (Å²) in [5, 5.41) is 5.78. The Hall–Kier alpha value is -2.78. The van der Waals surface area contributed by atoms with Crippen molar-refractivity contribution in [1.29, 1.82) is 0 Å². The molecule has 0 saturated heterocycles. The second-order valence-electron chi connectivity index (χ2n) is 5.02. The Morgan fingerprint density at radius 2 is 1.85 bits per heavy atom. The Labute approximate surface area is 159 Å². The van der Waals surface area contributed by atoms with Gasteiger partial charge >= 0.3 is 0 Å². The maximum Gasteiger partial charge on any atom is 0.270 e. The number of hydrazine groups is 1. The lowest BCUT2D eigenvalue weighted by molar-refractivity contribution is -0.120. The van der Waals surface area contributed by atoms with Crippen LogP contribution < -0.4 is 21.5 Å². The molecule has 1 aromatic heterocycles. The zero-order valence-corrected chi connectivity index (χ0v) is 15.0. The predicted octanol–water partition coefficient (Wildman–Crippen LogP) is 1.30. The van der Waals surface area contributed by atoms with E-state index in [0.29, 0.717) is 11.6 Å². The van der Waals surface area contributed by atoms with Crippen molar-refractivity contribution in [2.24, 2.45) is 0 Å². The van der Waals surface area contributed by atoms with Gasteiger partial charge < -0.3 is 10.6 Å². The van der Waals surface area contributed by atoms with E-state index in [9.17, 15) is 14.0 Å². The van der Waals surface area contributed by atoms with Crippen molar-refractivity contribution >= 4 is 40.7 Å². The van der Waals surface area contributed by atoms with Gasteiger partial charge in [0.1, 0.15) is 11.5 Å². The molecule has 4 N–H and O–H groups in total. The van der Waals surface area contributed by atoms with Crippen molar-refractivity contribution < 1.29 is 14.0 Å². The number of pyridine rings is 1. The number of amides is 2. The maximum atomic E-state index is 12.8. The molecular weight excluding hydrogens is 381 g/mol. The average Bonchev–Trinajstić information content (AvgIpc) is 2.64. The summed E-state index contributed by atoms with van der Waals surface area (Å²) in [5.74, 6) is -1.36. The summed E-state index contributed by atoms with van der Waals surface area (Å²) in [6, 6.07) is 8.84. The van der Waals surface area contributed by atoms with E-state index in [2.05, 4.69) is 26.5 Å². The van der Waals surface area contributed by atoms with Crippen LogP contribution in [0.4, 0.5) is 4.39 Å². The zero-order valence-electron chi connectivity index (χ0n) is 13.4. The number of halogens is 2. The zero-order chi connectivity index (χ0) is 18.9. The fraction of sp³-hybridized carbons (Fsp3) is 0.125. The quantitative estimate of drug-likeness (QED) is 0.450. The van der Waals surface area contributed by atoms with Gasteiger partial charge in [0, 0.05) is 17.8 Å². The summed E-state index contributed by atoms with van der Waals surface area (Å²) in [7, 11) is 0. The minimum absolute atomic E-state index is 0.106. The highest BCUT2D eigenvalue weighted by Crippen LogP contribution is 2.07. The fourth-order valence-corrected chi connectivity index (χ4v) is 2.06. The molecule has 2 rings (SSSR count). The Balaban J connectivity index is 1.67. The number of nitrogens with zero attached hydrogens (tertiary/aromatic N) is 1. The summed E-state index contributed by atoms with van der Waals surface area (Å²) in [6.45, 7) is 0.0831. The molecule has 136 valence electrons. The predicted molar refractivity (Wildman–Crippen MR) is 98.7 cm³/mol. The molecule has 0 spiro atoms. The van der Waals surface area contributed by atoms with Gasteiger partial charge in [-0.1, -0.05) is 23.7 Å². The number of benzene rings is 1. The summed E-state index contributed by atoms with van der Waals surface area (Å²) < 4.78 is 12.8. The van der Waals surface area contributed by atoms with Gasteiger partial charge in [0.25, 0.3) is 11.8 Å². The van der Waals surface area contributed by atoms with Crippen molar-refractivity contribution in [2.45, 2.75) is 6.54 Å². The maximum absolute atomic E-state index is 12.8. The van der Waals surface area contributed by atoms with E-state index in [1.807, 2.05) is 0 Å². The van der Waals surface area contributed by atoms with Crippen LogP contribution in [0.5, 0.6) is 0 Å². The highest BCUT2D eigenvalue weighted by molar-refractivity contribution is 7.80. The summed E-state index contributed by atoms with van der Waals surface area (Å²) >= 11 is 10.8. The van der Waals surface area contributed by atoms with Crippen LogP contribution in [0.25, 0.3) is 0 Å². The van der Waals surface area contributed by atoms with Crippen molar-refractivity contribution in [2.75, 3.05) is 6.54 Å². The molecular formula is C16H15ClFN5O2S. The van der Waals surface area contributed by atoms with Gasteiger partial charge in [-0.3, -0.25) is 25.4 Å². The van der Waals surface area contributed by atoms with Gasteiger partial charge in [0.2, 0.25) is 0 Å². The largest absolute Gasteiger partial charge is 0.357 e. The number of carbonyl (C=O) groups is 2. The second kappa shape index (κ2) is 9.64. The molecule has 0 fully saturated rings. The third-order valence-electron chi connectivity index (χ3n) is 3.05. The van der Waals surface area contributed by atoms with Crippen molar-refractivity contribution in [3.8, 4) is 0 Å². The molecule has 7 nitrogen and oxygen atoms in total. The van der Waals surface area contributed by atoms with E-state index in [0.717, 1.165) is 5.56 Å². The van der Waals surface area contributed by atoms with Crippen molar-refractivity contribution in [1.82, 2.24) is 26.5 Å². The van der Waals surface area contributed by atoms with Crippen LogP contribution in [0.2, 0.25) is 5.02 Å². The van der Waals surface area contributed by atoms with E-state index in [1.165, 1.54) is 30.5 Å². The molecule has 2 amide bonds. The van der Waals surface area contributed by atoms with Crippen LogP contribution in [0.1, 0.15) is 16.1 Å². The lowest BCUT2D eigenvalue weighted by Gasteiger charge is -2.12. The first-order valence-corrected chi connectivity index (χ1v) is 8.19. The number of aromatic nitrogens is 1. The first kappa shape index (κ1) is 19.5. The van der Waals surface area contributed by atoms with Crippen LogP contribution in [-0.2, 0) is 11.3 Å². The smallest absolute Gasteiger partial charge is 0.270 e. The van der Waals surface area contributed by atoms with Gasteiger partial charge in [-0.05, 0) is 42.0 Å². The van der Waals surface area contributed by atoms with Gasteiger partial charge in [-0.15, -0.1) is 0 Å². The molecule has 0 bridgehead atoms. The number of nitrogens with one attached hydrogen (secondary N) is 4. The standard InChI is InChI=1S/C16H15ClFN5O2S/c17-11-5-6-19-13(7-11)15(25)20-9-14(24)22-23-16(26)21-8-10-1-3-12(18)4-2-10/h1-7H,8-9H2,(H,20,25)(H,22,24)(H2,21,23,26). The third kappa shape index (κ3) is 6.61. The Morgan fingerprint density at radius 3 is 2.54 bits per heavy atom. The van der Waals surface area contributed by atoms with Crippen LogP contribution in [0.3, 0.4) is 0 Å². The molecule has 0 aliphatic rings. The van der Waals surface area contributed by atoms with Crippen LogP contribution in [0.15, 0.2) is 42.6 Å². The molecule has 0 radical (unpaired) electrons. The number of hydrogen-bond acceptors (Lipinski definition) is 4. The molecule has 2 aromatic rings. The van der Waals surface area contributed by atoms with Gasteiger partial charge in [0.05, 0.1) is 6.54 Å². The first-order chi connectivity index (χ1) is 12.4. The third-order valence-corrected chi connectivity index (χ3v) is 3.53. The van der Waals surface area contributed by atoms with Gasteiger partial charge in [-0.25, -0.2) is 4.39 Å². The monoisotopic (exact) mass is 395 g/mol. The lowest BCUT2D eigenvalue weighted by atomic mass is 10.2. The Morgan fingerprint density at radius 1 is 1.12 bits per heavy atom. The van der Waals surface area contributed by atoms with Crippen molar-refractivity contribution in [3.05, 3.63) is 64.7 Å². The molecule has 0 aliphatic carbocycles. The first-order valence-electron chi connectivity index (χ1n) is 7.41. The second-order valence-corrected chi connectivity index (χ2v) is 5.87. The molecule has 0 atom stereocenters. The number of rotatable bonds is 5. The molecule has 0 saturated carbocycles. The number of thiocarbonyl (C=S) groups is 1. The molecule has 0 unspecified atom stereocenters. The molecule has 26 heavy (non-hydrogen) atoms. The molecule has 10 heteroatoms. The minimum Gasteiger partial charge on any atom is -0.357 e. The van der Waals surface area contributed by atoms with Gasteiger partial charge in [-0.2, -0.15) is 0 Å². The summed E-state index contributed by atoms with van der Waals surface area (Å²) in [6.07, 6.45) is 1.39. The average molecular weight is 396 g/mol. The highest BCUT2D eigenvalue weighted by Gasteiger charge is 2.09. The van der Waals surface area contributed by atoms with E-state index < -0.39 is 11.8 Å². The highest BCUT2D eigenvalue weighted by atomic mass is 35.5. The van der Waals surface area contributed by atoms with Crippen LogP contribution in [0, 0.1) is 5.82 Å². The normalized spacial score (nSPS) is 9.92. The Bertz CT molecular complexity index is 803. The molecule has 1 heterocycles. The van der Waals surface area contributed by atoms with E-state index in [1.54, 1.807) is 12.1 Å². The number of carbonyl (C=O) groups excluding carboxylic acids is 2. The number of hydrogen-bond donors (Lipinski definition) is 4. The Kier molecular flexibility index (Phi) is 7.24. The van der Waals surface area contributed by atoms with E-state index in [4.69, 9.17) is 23.8 Å². The van der Waals surface area contributed by atoms with Crippen LogP contribution in [-0.4, -0.2) is 28.5 Å². The molecule has 0 aliphatic heterocycles. The SMILES string of the molecule is O=C(CNC(=O)c1cc(Cl)ccn1)NNC(=S)NCc1ccc(F)cc1. The van der Waals surface area contributed by atoms with Crippen LogP contribution >= 0.6 is 23.8 Å². The topological polar surface area (TPSA) is 95.2 Å². The van der Waals surface area contributed by atoms with Gasteiger partial charge in [0.15, 0.2) is 5.11 Å².